The predicted octanol–water partition coefficient (Wildman–Crippen LogP) is 2.12. The number of nitrogens with two attached hydrogens (primary N) is 2. The van der Waals surface area contributed by atoms with E-state index < -0.39 is 8.80 Å². The summed E-state index contributed by atoms with van der Waals surface area (Å²) in [5.41, 5.74) is 23.5. The van der Waals surface area contributed by atoms with Crippen LogP contribution >= 0.6 is 0 Å². The van der Waals surface area contributed by atoms with E-state index in [1.165, 1.54) is 0 Å². The molecular formula is C32H32N8O2Si. The first kappa shape index (κ1) is 27.9. The molecule has 0 aromatic carbocycles. The first-order chi connectivity index (χ1) is 20.7. The fourth-order valence-electron chi connectivity index (χ4n) is 5.64. The number of hydrogen-bond acceptors (Lipinski definition) is 6. The van der Waals surface area contributed by atoms with Crippen LogP contribution < -0.4 is 22.1 Å². The second-order valence-electron chi connectivity index (χ2n) is 11.0. The van der Waals surface area contributed by atoms with E-state index >= 15 is 0 Å². The Morgan fingerprint density at radius 1 is 0.814 bits per heavy atom. The third-order valence-corrected chi connectivity index (χ3v) is 8.43. The van der Waals surface area contributed by atoms with E-state index in [-0.39, 0.29) is 11.8 Å². The average Bonchev–Trinajstić information content (AvgIpc) is 3.52. The van der Waals surface area contributed by atoms with Gasteiger partial charge in [-0.05, 0) is 24.3 Å². The van der Waals surface area contributed by atoms with Crippen LogP contribution in [0.3, 0.4) is 0 Å². The van der Waals surface area contributed by atoms with Crippen molar-refractivity contribution in [3.05, 3.63) is 70.3 Å². The topological polar surface area (TPSA) is 146 Å². The predicted molar refractivity (Wildman–Crippen MR) is 170 cm³/mol. The summed E-state index contributed by atoms with van der Waals surface area (Å²) in [5, 5.41) is 5.85. The lowest BCUT2D eigenvalue weighted by molar-refractivity contribution is 0.0937. The maximum Gasteiger partial charge on any atom is 0.253 e. The number of rotatable bonds is 3. The fourth-order valence-corrected chi connectivity index (χ4v) is 6.08. The van der Waals surface area contributed by atoms with Crippen LogP contribution in [0.15, 0.2) is 36.7 Å². The van der Waals surface area contributed by atoms with Crippen LogP contribution in [0.1, 0.15) is 43.2 Å². The number of hydrogen-bond donors (Lipinski definition) is 4. The fraction of sp³-hybridized carbons (Fsp3) is 0.250. The summed E-state index contributed by atoms with van der Waals surface area (Å²) in [4.78, 5) is 33.9. The van der Waals surface area contributed by atoms with Crippen LogP contribution in [0.5, 0.6) is 0 Å². The molecule has 0 fully saturated rings. The molecule has 6 N–H and O–H groups in total. The highest BCUT2D eigenvalue weighted by molar-refractivity contribution is 6.64. The van der Waals surface area contributed by atoms with E-state index in [9.17, 15) is 9.59 Å². The molecule has 10 nitrogen and oxygen atoms in total. The van der Waals surface area contributed by atoms with Gasteiger partial charge in [0.05, 0.1) is 40.2 Å². The van der Waals surface area contributed by atoms with Gasteiger partial charge in [0.2, 0.25) is 0 Å². The van der Waals surface area contributed by atoms with Crippen LogP contribution in [-0.2, 0) is 26.4 Å². The number of amides is 2. The van der Waals surface area contributed by atoms with Gasteiger partial charge in [0.1, 0.15) is 20.4 Å². The van der Waals surface area contributed by atoms with Gasteiger partial charge in [0.25, 0.3) is 11.8 Å². The number of nitrogen functional groups attached to an aromatic ring is 2. The minimum atomic E-state index is -1.15. The Hall–Kier alpha value is -5.26. The van der Waals surface area contributed by atoms with Crippen LogP contribution in [-0.4, -0.2) is 52.8 Å². The number of nitrogens with one attached hydrogen (secondary N) is 2. The Kier molecular flexibility index (Phi) is 7.26. The molecule has 2 amide bonds. The van der Waals surface area contributed by atoms with Crippen molar-refractivity contribution < 1.29 is 9.59 Å². The smallest absolute Gasteiger partial charge is 0.253 e. The van der Waals surface area contributed by atoms with E-state index in [0.717, 1.165) is 45.9 Å². The normalized spacial score (nSPS) is 13.7. The summed E-state index contributed by atoms with van der Waals surface area (Å²) in [6, 6.07) is 7.38. The Balaban J connectivity index is 1.44. The zero-order chi connectivity index (χ0) is 30.2. The Labute approximate surface area is 251 Å². The second-order valence-corrected chi connectivity index (χ2v) is 13.6. The lowest BCUT2D eigenvalue weighted by Gasteiger charge is -2.16. The molecule has 0 saturated heterocycles. The molecule has 2 aliphatic rings. The number of aromatic nitrogens is 4. The van der Waals surface area contributed by atoms with Crippen molar-refractivity contribution >= 4 is 32.2 Å². The van der Waals surface area contributed by atoms with Gasteiger partial charge in [-0.2, -0.15) is 0 Å². The highest BCUT2D eigenvalue weighted by atomic mass is 28.3. The van der Waals surface area contributed by atoms with Crippen molar-refractivity contribution in [1.82, 2.24) is 29.7 Å². The van der Waals surface area contributed by atoms with Gasteiger partial charge in [0.15, 0.2) is 0 Å². The van der Waals surface area contributed by atoms with E-state index in [2.05, 4.69) is 61.6 Å². The molecule has 43 heavy (non-hydrogen) atoms. The summed E-state index contributed by atoms with van der Waals surface area (Å²) >= 11 is 0. The van der Waals surface area contributed by atoms with Gasteiger partial charge in [-0.25, -0.2) is 9.97 Å². The largest absolute Gasteiger partial charge is 0.384 e. The summed E-state index contributed by atoms with van der Waals surface area (Å²) in [6.45, 7) is 5.80. The number of nitrogens with zero attached hydrogens (tertiary/aromatic N) is 4. The highest BCUT2D eigenvalue weighted by Crippen LogP contribution is 2.32. The van der Waals surface area contributed by atoms with Crippen molar-refractivity contribution in [3.8, 4) is 45.8 Å². The first-order valence-corrected chi connectivity index (χ1v) is 17.1. The molecule has 0 unspecified atom stereocenters. The van der Waals surface area contributed by atoms with Crippen LogP contribution in [0, 0.1) is 23.3 Å². The number of pyridine rings is 2. The lowest BCUT2D eigenvalue weighted by atomic mass is 10.1. The van der Waals surface area contributed by atoms with Gasteiger partial charge >= 0.3 is 0 Å². The number of fused-ring (bicyclic) bond motifs is 2. The molecule has 0 atom stereocenters. The van der Waals surface area contributed by atoms with Crippen molar-refractivity contribution in [2.45, 2.75) is 32.5 Å². The first-order valence-electron chi connectivity index (χ1n) is 14.2. The van der Waals surface area contributed by atoms with Crippen LogP contribution in [0.25, 0.3) is 22.5 Å². The molecular weight excluding hydrogens is 556 g/mol. The van der Waals surface area contributed by atoms with Gasteiger partial charge in [-0.15, -0.1) is 5.54 Å². The standard InChI is InChI=1S/C32H32N8O2Si/c1-39-25-6-9-35-31(41)23(25)13-27(39)21-15-29(33)37-17-19(21)5-4-11-40-26-7-10-36-32(42)24(26)14-28(40)22-16-30(34)38-18-20(22)8-12-43(2)3/h13-18,43H,6-7,9-11H2,1-3H3,(H2,33,37)(H2,34,38)(H,35,41)(H,36,42). The van der Waals surface area contributed by atoms with Crippen molar-refractivity contribution in [2.75, 3.05) is 24.6 Å². The molecule has 0 radical (unpaired) electrons. The minimum absolute atomic E-state index is 0.0803. The molecule has 0 aliphatic carbocycles. The number of carbonyl (C=O) groups excluding carboxylic acids is 2. The summed E-state index contributed by atoms with van der Waals surface area (Å²) in [5.74, 6) is 10.5. The Bertz CT molecular complexity index is 1930. The molecule has 216 valence electrons. The monoisotopic (exact) mass is 588 g/mol. The SMILES string of the molecule is Cn1c(-c2cc(N)ncc2C#CCn2c(-c3cc(N)ncc3C#C[SiH](C)C)cc3c2CCNC3=O)cc2c1CCNC2=O. The third kappa shape index (κ3) is 5.27. The molecule has 11 heteroatoms. The molecule has 2 aliphatic heterocycles. The van der Waals surface area contributed by atoms with Gasteiger partial charge in [-0.3, -0.25) is 9.59 Å². The molecule has 4 aromatic rings. The highest BCUT2D eigenvalue weighted by Gasteiger charge is 2.26. The molecule has 0 saturated carbocycles. The maximum atomic E-state index is 12.8. The molecule has 6 rings (SSSR count). The van der Waals surface area contributed by atoms with E-state index in [1.807, 2.05) is 29.8 Å². The van der Waals surface area contributed by atoms with E-state index in [0.29, 0.717) is 54.4 Å². The van der Waals surface area contributed by atoms with Gasteiger partial charge in [-0.1, -0.05) is 30.9 Å². The second kappa shape index (κ2) is 11.2. The maximum absolute atomic E-state index is 12.8. The average molecular weight is 589 g/mol. The van der Waals surface area contributed by atoms with Crippen molar-refractivity contribution in [3.63, 3.8) is 0 Å². The lowest BCUT2D eigenvalue weighted by Crippen LogP contribution is -2.32. The number of carbonyl (C=O) groups is 2. The minimum Gasteiger partial charge on any atom is -0.384 e. The van der Waals surface area contributed by atoms with Crippen LogP contribution in [0.4, 0.5) is 11.6 Å². The Morgan fingerprint density at radius 3 is 2.00 bits per heavy atom. The van der Waals surface area contributed by atoms with Crippen molar-refractivity contribution in [2.24, 2.45) is 7.05 Å². The van der Waals surface area contributed by atoms with Gasteiger partial charge < -0.3 is 31.2 Å². The summed E-state index contributed by atoms with van der Waals surface area (Å²) in [7, 11) is 0.804. The van der Waals surface area contributed by atoms with E-state index in [1.54, 1.807) is 18.5 Å². The summed E-state index contributed by atoms with van der Waals surface area (Å²) in [6.07, 6.45) is 4.78. The molecule has 6 heterocycles. The third-order valence-electron chi connectivity index (χ3n) is 7.71. The molecule has 4 aromatic heterocycles. The van der Waals surface area contributed by atoms with Gasteiger partial charge in [0, 0.05) is 67.9 Å². The van der Waals surface area contributed by atoms with Crippen LogP contribution in [0.2, 0.25) is 13.1 Å². The van der Waals surface area contributed by atoms with E-state index in [4.69, 9.17) is 11.5 Å². The summed E-state index contributed by atoms with van der Waals surface area (Å²) < 4.78 is 4.10. The zero-order valence-electron chi connectivity index (χ0n) is 24.3. The Morgan fingerprint density at radius 2 is 1.37 bits per heavy atom. The zero-order valence-corrected chi connectivity index (χ0v) is 25.5. The number of anilines is 2. The molecule has 0 bridgehead atoms. The molecule has 0 spiro atoms. The quantitative estimate of drug-likeness (QED) is 0.213. The van der Waals surface area contributed by atoms with Crippen molar-refractivity contribution in [1.29, 1.82) is 0 Å².